The molecule has 1 amide bonds. The predicted octanol–water partition coefficient (Wildman–Crippen LogP) is -1.18. The largest absolute Gasteiger partial charge is 0.462 e. The van der Waals surface area contributed by atoms with Gasteiger partial charge in [-0.2, -0.15) is 0 Å². The van der Waals surface area contributed by atoms with Crippen LogP contribution in [0.3, 0.4) is 0 Å². The lowest BCUT2D eigenvalue weighted by Crippen LogP contribution is -2.60. The van der Waals surface area contributed by atoms with Gasteiger partial charge in [-0.1, -0.05) is 0 Å². The van der Waals surface area contributed by atoms with Gasteiger partial charge in [0, 0.05) is 12.6 Å². The van der Waals surface area contributed by atoms with Crippen LogP contribution in [0.25, 0.3) is 0 Å². The van der Waals surface area contributed by atoms with Gasteiger partial charge >= 0.3 is 0 Å². The average molecular weight is 313 g/mol. The second kappa shape index (κ2) is 7.03. The smallest absolute Gasteiger partial charge is 0.229 e. The molecule has 1 unspecified atom stereocenters. The first-order valence-electron chi connectivity index (χ1n) is 6.77. The molecule has 0 aromatic heterocycles. The van der Waals surface area contributed by atoms with E-state index in [4.69, 9.17) is 14.6 Å². The Kier molecular flexibility index (Phi) is 5.33. The minimum absolute atomic E-state index is 0.206. The van der Waals surface area contributed by atoms with Crippen molar-refractivity contribution in [3.8, 4) is 5.75 Å². The molecule has 122 valence electrons. The van der Waals surface area contributed by atoms with Crippen LogP contribution < -0.4 is 10.1 Å². The summed E-state index contributed by atoms with van der Waals surface area (Å²) in [6.07, 6.45) is -6.64. The zero-order valence-corrected chi connectivity index (χ0v) is 11.9. The number of hydrogen-bond donors (Lipinski definition) is 5. The van der Waals surface area contributed by atoms with Crippen molar-refractivity contribution in [1.29, 1.82) is 0 Å². The molecule has 0 bridgehead atoms. The molecule has 1 aromatic carbocycles. The summed E-state index contributed by atoms with van der Waals surface area (Å²) >= 11 is 0. The van der Waals surface area contributed by atoms with Crippen LogP contribution >= 0.6 is 0 Å². The SMILES string of the molecule is CC(=O)Nc1ccc(O[C@H]2O[C@H](CO)[C@H](O)C(O)[C@@H]2O)cc1. The molecule has 0 aliphatic carbocycles. The zero-order valence-electron chi connectivity index (χ0n) is 11.9. The first kappa shape index (κ1) is 16.7. The van der Waals surface area contributed by atoms with Crippen LogP contribution in [0, 0.1) is 0 Å². The summed E-state index contributed by atoms with van der Waals surface area (Å²) in [5, 5.41) is 40.9. The summed E-state index contributed by atoms with van der Waals surface area (Å²) in [5.74, 6) is 0.126. The summed E-state index contributed by atoms with van der Waals surface area (Å²) in [6, 6.07) is 6.29. The van der Waals surface area contributed by atoms with Crippen LogP contribution in [0.2, 0.25) is 0 Å². The summed E-state index contributed by atoms with van der Waals surface area (Å²) < 4.78 is 10.6. The first-order chi connectivity index (χ1) is 10.4. The third-order valence-electron chi connectivity index (χ3n) is 3.28. The maximum Gasteiger partial charge on any atom is 0.229 e. The van der Waals surface area contributed by atoms with Crippen molar-refractivity contribution >= 4 is 11.6 Å². The van der Waals surface area contributed by atoms with Gasteiger partial charge in [0.15, 0.2) is 0 Å². The van der Waals surface area contributed by atoms with Gasteiger partial charge in [-0.15, -0.1) is 0 Å². The van der Waals surface area contributed by atoms with Crippen molar-refractivity contribution in [3.63, 3.8) is 0 Å². The predicted molar refractivity (Wildman–Crippen MR) is 75.1 cm³/mol. The Morgan fingerprint density at radius 1 is 1.18 bits per heavy atom. The Balaban J connectivity index is 2.04. The molecule has 0 spiro atoms. The highest BCUT2D eigenvalue weighted by Crippen LogP contribution is 2.25. The number of benzene rings is 1. The highest BCUT2D eigenvalue weighted by atomic mass is 16.7. The molecule has 5 N–H and O–H groups in total. The maximum atomic E-state index is 10.9. The third-order valence-corrected chi connectivity index (χ3v) is 3.28. The lowest BCUT2D eigenvalue weighted by atomic mass is 9.99. The molecule has 1 aliphatic heterocycles. The monoisotopic (exact) mass is 313 g/mol. The van der Waals surface area contributed by atoms with Crippen molar-refractivity contribution in [2.24, 2.45) is 0 Å². The number of rotatable bonds is 4. The van der Waals surface area contributed by atoms with Crippen molar-refractivity contribution in [2.75, 3.05) is 11.9 Å². The van der Waals surface area contributed by atoms with E-state index in [1.54, 1.807) is 24.3 Å². The lowest BCUT2D eigenvalue weighted by Gasteiger charge is -2.39. The summed E-state index contributed by atoms with van der Waals surface area (Å²) in [6.45, 7) is 0.866. The maximum absolute atomic E-state index is 10.9. The van der Waals surface area contributed by atoms with Gasteiger partial charge in [-0.3, -0.25) is 4.79 Å². The Hall–Kier alpha value is -1.71. The fourth-order valence-electron chi connectivity index (χ4n) is 2.12. The number of hydrogen-bond acceptors (Lipinski definition) is 7. The summed E-state index contributed by atoms with van der Waals surface area (Å²) in [4.78, 5) is 10.9. The van der Waals surface area contributed by atoms with Gasteiger partial charge in [0.25, 0.3) is 0 Å². The second-order valence-corrected chi connectivity index (χ2v) is 5.02. The number of nitrogens with one attached hydrogen (secondary N) is 1. The number of ether oxygens (including phenoxy) is 2. The van der Waals surface area contributed by atoms with Crippen LogP contribution in [-0.2, 0) is 9.53 Å². The minimum atomic E-state index is -1.49. The van der Waals surface area contributed by atoms with Crippen LogP contribution in [-0.4, -0.2) is 63.6 Å². The molecule has 5 atom stereocenters. The van der Waals surface area contributed by atoms with E-state index < -0.39 is 37.3 Å². The van der Waals surface area contributed by atoms with E-state index in [9.17, 15) is 20.1 Å². The van der Waals surface area contributed by atoms with Gasteiger partial charge in [0.2, 0.25) is 12.2 Å². The average Bonchev–Trinajstić information content (AvgIpc) is 2.49. The molecule has 1 fully saturated rings. The van der Waals surface area contributed by atoms with E-state index in [-0.39, 0.29) is 5.91 Å². The van der Waals surface area contributed by atoms with Gasteiger partial charge in [0.05, 0.1) is 6.61 Å². The van der Waals surface area contributed by atoms with Gasteiger partial charge in [-0.25, -0.2) is 0 Å². The molecular weight excluding hydrogens is 294 g/mol. The van der Waals surface area contributed by atoms with Crippen molar-refractivity contribution in [2.45, 2.75) is 37.6 Å². The van der Waals surface area contributed by atoms with Crippen LogP contribution in [0.4, 0.5) is 5.69 Å². The Labute approximate surface area is 126 Å². The number of carbonyl (C=O) groups excluding carboxylic acids is 1. The fraction of sp³-hybridized carbons (Fsp3) is 0.500. The molecule has 8 nitrogen and oxygen atoms in total. The van der Waals surface area contributed by atoms with Crippen molar-refractivity contribution in [1.82, 2.24) is 0 Å². The van der Waals surface area contributed by atoms with Crippen LogP contribution in [0.15, 0.2) is 24.3 Å². The Morgan fingerprint density at radius 3 is 2.36 bits per heavy atom. The molecule has 1 aromatic rings. The molecule has 0 radical (unpaired) electrons. The number of amides is 1. The summed E-state index contributed by atoms with van der Waals surface area (Å²) in [7, 11) is 0. The lowest BCUT2D eigenvalue weighted by molar-refractivity contribution is -0.277. The van der Waals surface area contributed by atoms with E-state index in [0.29, 0.717) is 11.4 Å². The molecule has 1 aliphatic rings. The van der Waals surface area contributed by atoms with Gasteiger partial charge < -0.3 is 35.2 Å². The van der Waals surface area contributed by atoms with Gasteiger partial charge in [-0.05, 0) is 24.3 Å². The quantitative estimate of drug-likeness (QED) is 0.473. The normalized spacial score (nSPS) is 31.6. The van der Waals surface area contributed by atoms with Crippen LogP contribution in [0.1, 0.15) is 6.92 Å². The Morgan fingerprint density at radius 2 is 1.82 bits per heavy atom. The highest BCUT2D eigenvalue weighted by Gasteiger charge is 2.44. The first-order valence-corrected chi connectivity index (χ1v) is 6.77. The van der Waals surface area contributed by atoms with Gasteiger partial charge in [0.1, 0.15) is 30.2 Å². The summed E-state index contributed by atoms with van der Waals surface area (Å²) in [5.41, 5.74) is 0.577. The second-order valence-electron chi connectivity index (χ2n) is 5.02. The Bertz CT molecular complexity index is 504. The van der Waals surface area contributed by atoms with E-state index in [1.807, 2.05) is 0 Å². The van der Waals surface area contributed by atoms with Crippen molar-refractivity contribution < 1.29 is 34.7 Å². The molecular formula is C14H19NO7. The van der Waals surface area contributed by atoms with Crippen molar-refractivity contribution in [3.05, 3.63) is 24.3 Å². The highest BCUT2D eigenvalue weighted by molar-refractivity contribution is 5.88. The molecule has 8 heteroatoms. The van der Waals surface area contributed by atoms with E-state index in [2.05, 4.69) is 5.32 Å². The molecule has 0 saturated carbocycles. The molecule has 1 heterocycles. The zero-order chi connectivity index (χ0) is 16.3. The number of aliphatic hydroxyl groups excluding tert-OH is 4. The number of carbonyl (C=O) groups is 1. The molecule has 22 heavy (non-hydrogen) atoms. The molecule has 1 saturated heterocycles. The van der Waals surface area contributed by atoms with E-state index in [0.717, 1.165) is 0 Å². The third kappa shape index (κ3) is 3.73. The number of anilines is 1. The topological polar surface area (TPSA) is 128 Å². The van der Waals surface area contributed by atoms with E-state index >= 15 is 0 Å². The molecule has 2 rings (SSSR count). The number of aliphatic hydroxyl groups is 4. The minimum Gasteiger partial charge on any atom is -0.462 e. The standard InChI is InChI=1S/C14H19NO7/c1-7(17)15-8-2-4-9(5-3-8)21-14-13(20)12(19)11(18)10(6-16)22-14/h2-5,10-14,16,18-20H,6H2,1H3,(H,15,17)/t10-,11+,12?,13+,14+/m1/s1. The fourth-order valence-corrected chi connectivity index (χ4v) is 2.12. The van der Waals surface area contributed by atoms with E-state index in [1.165, 1.54) is 6.92 Å². The van der Waals surface area contributed by atoms with Crippen LogP contribution in [0.5, 0.6) is 5.75 Å².